The van der Waals surface area contributed by atoms with E-state index in [1.54, 1.807) is 0 Å². The topological polar surface area (TPSA) is 6.48 Å². The molecule has 7 aromatic carbocycles. The van der Waals surface area contributed by atoms with Crippen LogP contribution in [0.4, 0.5) is 22.7 Å². The highest BCUT2D eigenvalue weighted by molar-refractivity contribution is 5.91. The highest BCUT2D eigenvalue weighted by atomic mass is 15.2. The van der Waals surface area contributed by atoms with Crippen molar-refractivity contribution < 1.29 is 0 Å². The van der Waals surface area contributed by atoms with Gasteiger partial charge >= 0.3 is 0 Å². The third-order valence-corrected chi connectivity index (χ3v) is 14.2. The van der Waals surface area contributed by atoms with Gasteiger partial charge < -0.3 is 9.80 Å². The first-order valence-corrected chi connectivity index (χ1v) is 23.4. The van der Waals surface area contributed by atoms with Crippen LogP contribution in [0.15, 0.2) is 200 Å². The summed E-state index contributed by atoms with van der Waals surface area (Å²) in [5.74, 6) is 0.997. The number of hydrogen-bond donors (Lipinski definition) is 0. The van der Waals surface area contributed by atoms with Gasteiger partial charge in [0.25, 0.3) is 0 Å². The van der Waals surface area contributed by atoms with E-state index in [2.05, 4.69) is 237 Å². The van der Waals surface area contributed by atoms with Crippen LogP contribution in [0.1, 0.15) is 81.7 Å². The second kappa shape index (κ2) is 17.3. The maximum Gasteiger partial charge on any atom is 0.0534 e. The lowest BCUT2D eigenvalue weighted by Crippen LogP contribution is -2.37. The maximum absolute atomic E-state index is 4.20. The number of anilines is 4. The molecule has 2 unspecified atom stereocenters. The zero-order chi connectivity index (χ0) is 43.9. The van der Waals surface area contributed by atoms with Crippen molar-refractivity contribution >= 4 is 58.3 Å². The van der Waals surface area contributed by atoms with Crippen molar-refractivity contribution in [1.29, 1.82) is 0 Å². The Bertz CT molecular complexity index is 3170. The molecule has 2 nitrogen and oxygen atoms in total. The molecule has 65 heavy (non-hydrogen) atoms. The van der Waals surface area contributed by atoms with Crippen molar-refractivity contribution in [3.05, 3.63) is 261 Å². The normalized spacial score (nSPS) is 17.6. The summed E-state index contributed by atoms with van der Waals surface area (Å²) < 4.78 is 0. The van der Waals surface area contributed by atoms with Crippen LogP contribution in [0.25, 0.3) is 35.6 Å². The lowest BCUT2D eigenvalue weighted by Gasteiger charge is -2.33. The molecule has 11 rings (SSSR count). The Morgan fingerprint density at radius 3 is 1.94 bits per heavy atom. The predicted molar refractivity (Wildman–Crippen MR) is 277 cm³/mol. The average molecular weight is 839 g/mol. The lowest BCUT2D eigenvalue weighted by atomic mass is 9.77. The van der Waals surface area contributed by atoms with Crippen molar-refractivity contribution in [3.63, 3.8) is 0 Å². The highest BCUT2D eigenvalue weighted by Crippen LogP contribution is 2.45. The molecule has 0 N–H and O–H groups in total. The third-order valence-electron chi connectivity index (χ3n) is 14.2. The summed E-state index contributed by atoms with van der Waals surface area (Å²) in [6, 6.07) is 60.3. The van der Waals surface area contributed by atoms with Crippen LogP contribution >= 0.6 is 0 Å². The van der Waals surface area contributed by atoms with Crippen LogP contribution in [0.2, 0.25) is 0 Å². The van der Waals surface area contributed by atoms with Gasteiger partial charge in [0.05, 0.1) is 17.1 Å². The Labute approximate surface area is 384 Å². The predicted octanol–water partition coefficient (Wildman–Crippen LogP) is 14.6. The Morgan fingerprint density at radius 1 is 0.600 bits per heavy atom. The first-order chi connectivity index (χ1) is 32.0. The molecule has 1 heterocycles. The molecule has 7 aromatic rings. The zero-order valence-corrected chi connectivity index (χ0v) is 37.4. The molecule has 0 amide bonds. The second-order valence-electron chi connectivity index (χ2n) is 18.1. The molecular formula is C63H54N2. The number of benzene rings is 7. The minimum Gasteiger partial charge on any atom is -0.313 e. The van der Waals surface area contributed by atoms with E-state index in [4.69, 9.17) is 0 Å². The number of allylic oxidation sites excluding steroid dienone is 4. The van der Waals surface area contributed by atoms with Gasteiger partial charge in [-0.1, -0.05) is 196 Å². The van der Waals surface area contributed by atoms with Crippen LogP contribution in [0.5, 0.6) is 0 Å². The number of aryl methyl sites for hydroxylation is 1. The smallest absolute Gasteiger partial charge is 0.0534 e. The average Bonchev–Trinajstić information content (AvgIpc) is 3.71. The summed E-state index contributed by atoms with van der Waals surface area (Å²) in [6.07, 6.45) is 22.6. The minimum atomic E-state index is 0.266. The van der Waals surface area contributed by atoms with E-state index in [0.717, 1.165) is 36.9 Å². The fourth-order valence-electron chi connectivity index (χ4n) is 11.0. The number of rotatable bonds is 9. The molecular weight excluding hydrogens is 785 g/mol. The fourth-order valence-corrected chi connectivity index (χ4v) is 11.0. The van der Waals surface area contributed by atoms with Gasteiger partial charge in [-0.3, -0.25) is 0 Å². The molecule has 1 aliphatic heterocycles. The SMILES string of the molecule is C=Cc1ccccc1N(C1=c2ccccc2=C(/C=C/c2ccc(C3C=CC(N4c5ccccc5C=Cc5ccccc54)=CC3C)c(C3Cc4ccccc4C3)c2)CC1)c1ccccc1C. The monoisotopic (exact) mass is 838 g/mol. The fraction of sp³-hybridized carbons (Fsp3) is 0.143. The molecule has 316 valence electrons. The first kappa shape index (κ1) is 40.4. The van der Waals surface area contributed by atoms with Crippen molar-refractivity contribution in [2.45, 2.75) is 51.4 Å². The van der Waals surface area contributed by atoms with Crippen molar-refractivity contribution in [1.82, 2.24) is 0 Å². The highest BCUT2D eigenvalue weighted by Gasteiger charge is 2.31. The summed E-state index contributed by atoms with van der Waals surface area (Å²) in [6.45, 7) is 8.82. The number of fused-ring (bicyclic) bond motifs is 4. The van der Waals surface area contributed by atoms with Gasteiger partial charge in [0.1, 0.15) is 0 Å². The van der Waals surface area contributed by atoms with E-state index in [-0.39, 0.29) is 5.92 Å². The van der Waals surface area contributed by atoms with E-state index in [9.17, 15) is 0 Å². The molecule has 2 heteroatoms. The van der Waals surface area contributed by atoms with Gasteiger partial charge in [-0.2, -0.15) is 0 Å². The van der Waals surface area contributed by atoms with Crippen LogP contribution in [-0.2, 0) is 12.8 Å². The van der Waals surface area contributed by atoms with E-state index in [1.807, 2.05) is 6.08 Å². The Hall–Kier alpha value is -7.42. The Morgan fingerprint density at radius 2 is 1.23 bits per heavy atom. The van der Waals surface area contributed by atoms with E-state index in [1.165, 1.54) is 89.0 Å². The van der Waals surface area contributed by atoms with Gasteiger partial charge in [0, 0.05) is 28.2 Å². The standard InChI is InChI=1S/C63H54N2/c1-4-46-18-8-14-26-60(46)65(59-25-13-5-17-43(59)2)63-38-34-47(55-23-11-12-24-57(55)63)31-29-45-30-36-56(58(40-45)52-41-50-21-6-7-22-51(50)42-52)54-37-35-53(39-44(54)3)64-61-27-15-9-19-48(61)32-33-49-20-10-16-28-62(49)64/h4-33,35-37,39-40,44,52,54H,1,34,38,41-42H2,2-3H3/b31-29+. The summed E-state index contributed by atoms with van der Waals surface area (Å²) in [5.41, 5.74) is 20.7. The van der Waals surface area contributed by atoms with Gasteiger partial charge in [0.15, 0.2) is 0 Å². The molecule has 0 aromatic heterocycles. The maximum atomic E-state index is 4.20. The zero-order valence-electron chi connectivity index (χ0n) is 37.4. The number of hydrogen-bond acceptors (Lipinski definition) is 2. The molecule has 2 atom stereocenters. The minimum absolute atomic E-state index is 0.266. The van der Waals surface area contributed by atoms with Crippen LogP contribution in [-0.4, -0.2) is 0 Å². The van der Waals surface area contributed by atoms with Crippen molar-refractivity contribution in [2.24, 2.45) is 5.92 Å². The van der Waals surface area contributed by atoms with Crippen molar-refractivity contribution in [2.75, 3.05) is 9.80 Å². The summed E-state index contributed by atoms with van der Waals surface area (Å²) in [5, 5.41) is 2.59. The third kappa shape index (κ3) is 7.53. The number of nitrogens with zero attached hydrogens (tertiary/aromatic N) is 2. The van der Waals surface area contributed by atoms with Crippen LogP contribution in [0.3, 0.4) is 0 Å². The summed E-state index contributed by atoms with van der Waals surface area (Å²) >= 11 is 0. The van der Waals surface area contributed by atoms with Crippen LogP contribution in [0, 0.1) is 12.8 Å². The van der Waals surface area contributed by atoms with Gasteiger partial charge in [-0.05, 0) is 136 Å². The van der Waals surface area contributed by atoms with Gasteiger partial charge in [-0.25, -0.2) is 0 Å². The van der Waals surface area contributed by atoms with E-state index >= 15 is 0 Å². The second-order valence-corrected chi connectivity index (χ2v) is 18.1. The number of para-hydroxylation sites is 4. The molecule has 3 aliphatic carbocycles. The summed E-state index contributed by atoms with van der Waals surface area (Å²) in [4.78, 5) is 4.94. The van der Waals surface area contributed by atoms with Crippen molar-refractivity contribution in [3.8, 4) is 0 Å². The van der Waals surface area contributed by atoms with E-state index < -0.39 is 0 Å². The molecule has 0 bridgehead atoms. The molecule has 0 spiro atoms. The Kier molecular flexibility index (Phi) is 10.7. The lowest BCUT2D eigenvalue weighted by molar-refractivity contribution is 0.611. The van der Waals surface area contributed by atoms with Crippen LogP contribution < -0.4 is 20.2 Å². The first-order valence-electron chi connectivity index (χ1n) is 23.4. The molecule has 0 fully saturated rings. The summed E-state index contributed by atoms with van der Waals surface area (Å²) in [7, 11) is 0. The van der Waals surface area contributed by atoms with Gasteiger partial charge in [0.2, 0.25) is 0 Å². The van der Waals surface area contributed by atoms with Gasteiger partial charge in [-0.15, -0.1) is 0 Å². The van der Waals surface area contributed by atoms with E-state index in [0.29, 0.717) is 11.8 Å². The molecule has 4 aliphatic rings. The Balaban J connectivity index is 0.973. The molecule has 0 saturated heterocycles. The largest absolute Gasteiger partial charge is 0.313 e. The molecule has 0 radical (unpaired) electrons. The quantitative estimate of drug-likeness (QED) is 0.143. The molecule has 0 saturated carbocycles.